The van der Waals surface area contributed by atoms with Crippen molar-refractivity contribution in [3.05, 3.63) is 0 Å². The first-order valence-electron chi connectivity index (χ1n) is 3.44. The molecule has 0 aliphatic heterocycles. The molecular weight excluding hydrogens is 180 g/mol. The van der Waals surface area contributed by atoms with E-state index < -0.39 is 0 Å². The largest absolute Gasteiger partial charge is 0.392 e. The fourth-order valence-corrected chi connectivity index (χ4v) is 0.958. The zero-order chi connectivity index (χ0) is 7.28. The predicted octanol–water partition coefficient (Wildman–Crippen LogP) is 2.18. The van der Waals surface area contributed by atoms with E-state index in [4.69, 9.17) is 5.11 Å². The van der Waals surface area contributed by atoms with Crippen LogP contribution >= 0.6 is 15.9 Å². The number of aliphatic hydroxyl groups is 1. The standard InChI is InChI=1S/C7H15BrO/c1-3-6(2)4-7(9)5-8/h6-7,9H,3-5H2,1-2H3. The van der Waals surface area contributed by atoms with Crippen LogP contribution in [0, 0.1) is 5.92 Å². The molecule has 0 amide bonds. The van der Waals surface area contributed by atoms with Crippen LogP contribution in [0.2, 0.25) is 0 Å². The van der Waals surface area contributed by atoms with Crippen LogP contribution in [0.25, 0.3) is 0 Å². The number of rotatable bonds is 4. The van der Waals surface area contributed by atoms with Crippen LogP contribution in [-0.2, 0) is 0 Å². The Morgan fingerprint density at radius 2 is 2.11 bits per heavy atom. The van der Waals surface area contributed by atoms with Crippen molar-refractivity contribution in [3.63, 3.8) is 0 Å². The maximum atomic E-state index is 9.11. The lowest BCUT2D eigenvalue weighted by Crippen LogP contribution is -2.12. The maximum Gasteiger partial charge on any atom is 0.0639 e. The molecular formula is C7H15BrO. The summed E-state index contributed by atoms with van der Waals surface area (Å²) in [6.07, 6.45) is 1.92. The molecule has 2 heteroatoms. The second kappa shape index (κ2) is 5.24. The summed E-state index contributed by atoms with van der Waals surface area (Å²) in [5.41, 5.74) is 0. The van der Waals surface area contributed by atoms with Gasteiger partial charge in [0.05, 0.1) is 6.10 Å². The van der Waals surface area contributed by atoms with Crippen LogP contribution in [0.15, 0.2) is 0 Å². The molecule has 0 rings (SSSR count). The summed E-state index contributed by atoms with van der Waals surface area (Å²) in [5.74, 6) is 0.651. The molecule has 0 saturated carbocycles. The van der Waals surface area contributed by atoms with Crippen molar-refractivity contribution >= 4 is 15.9 Å². The smallest absolute Gasteiger partial charge is 0.0639 e. The van der Waals surface area contributed by atoms with Crippen molar-refractivity contribution in [1.29, 1.82) is 0 Å². The lowest BCUT2D eigenvalue weighted by molar-refractivity contribution is 0.168. The molecule has 0 aromatic carbocycles. The third-order valence-corrected chi connectivity index (χ3v) is 2.30. The minimum absolute atomic E-state index is 0.153. The van der Waals surface area contributed by atoms with Gasteiger partial charge in [-0.25, -0.2) is 0 Å². The highest BCUT2D eigenvalue weighted by atomic mass is 79.9. The van der Waals surface area contributed by atoms with Crippen LogP contribution in [0.1, 0.15) is 26.7 Å². The van der Waals surface area contributed by atoms with Crippen molar-refractivity contribution in [2.24, 2.45) is 5.92 Å². The number of hydrogen-bond acceptors (Lipinski definition) is 1. The van der Waals surface area contributed by atoms with Gasteiger partial charge in [-0.1, -0.05) is 36.2 Å². The van der Waals surface area contributed by atoms with Gasteiger partial charge in [-0.05, 0) is 12.3 Å². The Morgan fingerprint density at radius 1 is 1.56 bits per heavy atom. The molecule has 2 atom stereocenters. The molecule has 0 aromatic rings. The van der Waals surface area contributed by atoms with Crippen molar-refractivity contribution < 1.29 is 5.11 Å². The summed E-state index contributed by atoms with van der Waals surface area (Å²) in [6, 6.07) is 0. The highest BCUT2D eigenvalue weighted by molar-refractivity contribution is 9.09. The number of hydrogen-bond donors (Lipinski definition) is 1. The molecule has 9 heavy (non-hydrogen) atoms. The van der Waals surface area contributed by atoms with E-state index in [1.807, 2.05) is 0 Å². The first-order valence-corrected chi connectivity index (χ1v) is 4.56. The fraction of sp³-hybridized carbons (Fsp3) is 1.00. The number of aliphatic hydroxyl groups excluding tert-OH is 1. The minimum atomic E-state index is -0.153. The van der Waals surface area contributed by atoms with Crippen LogP contribution in [0.4, 0.5) is 0 Å². The molecule has 1 N–H and O–H groups in total. The molecule has 0 aliphatic carbocycles. The van der Waals surface area contributed by atoms with Crippen molar-refractivity contribution in [2.45, 2.75) is 32.8 Å². The molecule has 0 saturated heterocycles. The average Bonchev–Trinajstić information content (AvgIpc) is 1.87. The Balaban J connectivity index is 3.22. The normalized spacial score (nSPS) is 17.3. The van der Waals surface area contributed by atoms with E-state index in [1.165, 1.54) is 0 Å². The quantitative estimate of drug-likeness (QED) is 0.681. The summed E-state index contributed by atoms with van der Waals surface area (Å²) < 4.78 is 0. The van der Waals surface area contributed by atoms with Gasteiger partial charge in [-0.15, -0.1) is 0 Å². The van der Waals surface area contributed by atoms with Gasteiger partial charge in [0.1, 0.15) is 0 Å². The van der Waals surface area contributed by atoms with E-state index in [2.05, 4.69) is 29.8 Å². The molecule has 0 aliphatic rings. The second-order valence-electron chi connectivity index (χ2n) is 2.56. The van der Waals surface area contributed by atoms with E-state index in [1.54, 1.807) is 0 Å². The van der Waals surface area contributed by atoms with Crippen LogP contribution in [-0.4, -0.2) is 16.5 Å². The van der Waals surface area contributed by atoms with Gasteiger partial charge in [-0.3, -0.25) is 0 Å². The van der Waals surface area contributed by atoms with Crippen LogP contribution < -0.4 is 0 Å². The van der Waals surface area contributed by atoms with Gasteiger partial charge in [0, 0.05) is 5.33 Å². The summed E-state index contributed by atoms with van der Waals surface area (Å²) in [7, 11) is 0. The minimum Gasteiger partial charge on any atom is -0.392 e. The predicted molar refractivity (Wildman–Crippen MR) is 43.9 cm³/mol. The Bertz CT molecular complexity index is 57.9. The first-order chi connectivity index (χ1) is 4.20. The van der Waals surface area contributed by atoms with Crippen molar-refractivity contribution in [3.8, 4) is 0 Å². The summed E-state index contributed by atoms with van der Waals surface area (Å²) >= 11 is 3.22. The molecule has 0 spiro atoms. The SMILES string of the molecule is CCC(C)CC(O)CBr. The molecule has 56 valence electrons. The Kier molecular flexibility index (Phi) is 5.50. The maximum absolute atomic E-state index is 9.11. The van der Waals surface area contributed by atoms with Gasteiger partial charge in [-0.2, -0.15) is 0 Å². The van der Waals surface area contributed by atoms with Gasteiger partial charge in [0.15, 0.2) is 0 Å². The van der Waals surface area contributed by atoms with E-state index >= 15 is 0 Å². The monoisotopic (exact) mass is 194 g/mol. The second-order valence-corrected chi connectivity index (χ2v) is 3.20. The van der Waals surface area contributed by atoms with E-state index in [0.717, 1.165) is 12.8 Å². The summed E-state index contributed by atoms with van der Waals surface area (Å²) in [6.45, 7) is 4.30. The third kappa shape index (κ3) is 4.91. The molecule has 0 heterocycles. The zero-order valence-electron chi connectivity index (χ0n) is 6.10. The van der Waals surface area contributed by atoms with E-state index in [0.29, 0.717) is 11.2 Å². The Labute approximate surface area is 65.6 Å². The van der Waals surface area contributed by atoms with Gasteiger partial charge in [0.2, 0.25) is 0 Å². The van der Waals surface area contributed by atoms with Crippen molar-refractivity contribution in [2.75, 3.05) is 5.33 Å². The first kappa shape index (κ1) is 9.44. The number of alkyl halides is 1. The molecule has 0 aromatic heterocycles. The Hall–Kier alpha value is 0.440. The average molecular weight is 195 g/mol. The van der Waals surface area contributed by atoms with E-state index in [-0.39, 0.29) is 6.10 Å². The molecule has 1 nitrogen and oxygen atoms in total. The molecule has 0 bridgehead atoms. The topological polar surface area (TPSA) is 20.2 Å². The highest BCUT2D eigenvalue weighted by Crippen LogP contribution is 2.10. The lowest BCUT2D eigenvalue weighted by atomic mass is 10.0. The van der Waals surface area contributed by atoms with Gasteiger partial charge >= 0.3 is 0 Å². The Morgan fingerprint density at radius 3 is 2.44 bits per heavy atom. The van der Waals surface area contributed by atoms with Gasteiger partial charge in [0.25, 0.3) is 0 Å². The summed E-state index contributed by atoms with van der Waals surface area (Å²) in [4.78, 5) is 0. The lowest BCUT2D eigenvalue weighted by Gasteiger charge is -2.11. The summed E-state index contributed by atoms with van der Waals surface area (Å²) in [5, 5.41) is 9.82. The van der Waals surface area contributed by atoms with Gasteiger partial charge < -0.3 is 5.11 Å². The third-order valence-electron chi connectivity index (χ3n) is 1.55. The van der Waals surface area contributed by atoms with Crippen LogP contribution in [0.5, 0.6) is 0 Å². The zero-order valence-corrected chi connectivity index (χ0v) is 7.69. The molecule has 2 unspecified atom stereocenters. The highest BCUT2D eigenvalue weighted by Gasteiger charge is 2.05. The van der Waals surface area contributed by atoms with Crippen LogP contribution in [0.3, 0.4) is 0 Å². The fourth-order valence-electron chi connectivity index (χ4n) is 0.694. The van der Waals surface area contributed by atoms with Crippen molar-refractivity contribution in [1.82, 2.24) is 0 Å². The van der Waals surface area contributed by atoms with E-state index in [9.17, 15) is 0 Å². The molecule has 0 fully saturated rings. The number of halogens is 1. The molecule has 0 radical (unpaired) electrons.